The molecular formula is C15H15NO. The Labute approximate surface area is 101 Å². The molecule has 2 aliphatic heterocycles. The molecule has 3 rings (SSSR count). The van der Waals surface area contributed by atoms with Crippen molar-refractivity contribution in [1.29, 1.82) is 0 Å². The van der Waals surface area contributed by atoms with Crippen LogP contribution in [0, 0.1) is 0 Å². The SMILES string of the molecule is C=C1COc2cc(C3=NC=C(C)C3)ccc2C1. The van der Waals surface area contributed by atoms with E-state index >= 15 is 0 Å². The summed E-state index contributed by atoms with van der Waals surface area (Å²) in [5, 5.41) is 0. The first kappa shape index (κ1) is 10.3. The fraction of sp³-hybridized carbons (Fsp3) is 0.267. The van der Waals surface area contributed by atoms with Crippen molar-refractivity contribution >= 4 is 5.71 Å². The standard InChI is InChI=1S/C15H15NO/c1-10-6-14(16-8-10)12-3-4-13-5-11(2)9-17-15(13)7-12/h3-4,7-8H,2,5-6,9H2,1H3. The molecule has 1 aromatic carbocycles. The Morgan fingerprint density at radius 2 is 2.18 bits per heavy atom. The predicted molar refractivity (Wildman–Crippen MR) is 69.7 cm³/mol. The van der Waals surface area contributed by atoms with E-state index in [0.29, 0.717) is 6.61 Å². The molecule has 0 amide bonds. The number of hydrogen-bond donors (Lipinski definition) is 0. The third-order valence-corrected chi connectivity index (χ3v) is 3.16. The topological polar surface area (TPSA) is 21.6 Å². The Bertz CT molecular complexity index is 552. The lowest BCUT2D eigenvalue weighted by Gasteiger charge is -2.19. The van der Waals surface area contributed by atoms with Crippen LogP contribution in [0.3, 0.4) is 0 Å². The van der Waals surface area contributed by atoms with Crippen LogP contribution in [0.5, 0.6) is 5.75 Å². The van der Waals surface area contributed by atoms with Crippen LogP contribution in [0.25, 0.3) is 0 Å². The van der Waals surface area contributed by atoms with Crippen molar-refractivity contribution in [3.05, 3.63) is 53.3 Å². The van der Waals surface area contributed by atoms with Gasteiger partial charge >= 0.3 is 0 Å². The van der Waals surface area contributed by atoms with Crippen LogP contribution in [0.4, 0.5) is 0 Å². The van der Waals surface area contributed by atoms with Crippen LogP contribution in [0.1, 0.15) is 24.5 Å². The van der Waals surface area contributed by atoms with Crippen molar-refractivity contribution in [2.45, 2.75) is 19.8 Å². The second kappa shape index (κ2) is 3.88. The molecule has 2 heteroatoms. The molecule has 17 heavy (non-hydrogen) atoms. The summed E-state index contributed by atoms with van der Waals surface area (Å²) in [4.78, 5) is 4.43. The molecular weight excluding hydrogens is 210 g/mol. The number of nitrogens with zero attached hydrogens (tertiary/aromatic N) is 1. The van der Waals surface area contributed by atoms with Crippen molar-refractivity contribution in [2.24, 2.45) is 4.99 Å². The number of ether oxygens (including phenoxy) is 1. The first-order valence-electron chi connectivity index (χ1n) is 5.87. The van der Waals surface area contributed by atoms with E-state index in [0.717, 1.165) is 29.9 Å². The number of benzene rings is 1. The van der Waals surface area contributed by atoms with E-state index in [2.05, 4.69) is 36.7 Å². The van der Waals surface area contributed by atoms with Gasteiger partial charge in [-0.1, -0.05) is 18.7 Å². The van der Waals surface area contributed by atoms with Gasteiger partial charge < -0.3 is 4.74 Å². The first-order valence-corrected chi connectivity index (χ1v) is 5.87. The Morgan fingerprint density at radius 3 is 2.94 bits per heavy atom. The van der Waals surface area contributed by atoms with Gasteiger partial charge in [-0.2, -0.15) is 0 Å². The largest absolute Gasteiger partial charge is 0.489 e. The van der Waals surface area contributed by atoms with E-state index in [9.17, 15) is 0 Å². The summed E-state index contributed by atoms with van der Waals surface area (Å²) >= 11 is 0. The highest BCUT2D eigenvalue weighted by Gasteiger charge is 2.16. The lowest BCUT2D eigenvalue weighted by Crippen LogP contribution is -2.12. The predicted octanol–water partition coefficient (Wildman–Crippen LogP) is 3.27. The molecule has 1 aromatic rings. The molecule has 2 nitrogen and oxygen atoms in total. The molecule has 0 spiro atoms. The molecule has 0 fully saturated rings. The molecule has 0 aromatic heterocycles. The zero-order chi connectivity index (χ0) is 11.8. The average molecular weight is 225 g/mol. The van der Waals surface area contributed by atoms with Gasteiger partial charge in [0.2, 0.25) is 0 Å². The van der Waals surface area contributed by atoms with Crippen LogP contribution in [-0.2, 0) is 6.42 Å². The number of aliphatic imine (C=N–C) groups is 1. The second-order valence-corrected chi connectivity index (χ2v) is 4.77. The summed E-state index contributed by atoms with van der Waals surface area (Å²) in [6.07, 6.45) is 3.82. The maximum Gasteiger partial charge on any atom is 0.123 e. The molecule has 0 saturated heterocycles. The highest BCUT2D eigenvalue weighted by Crippen LogP contribution is 2.29. The van der Waals surface area contributed by atoms with E-state index in [1.54, 1.807) is 0 Å². The summed E-state index contributed by atoms with van der Waals surface area (Å²) in [6.45, 7) is 6.71. The van der Waals surface area contributed by atoms with E-state index in [1.807, 2.05) is 6.20 Å². The Hall–Kier alpha value is -1.83. The lowest BCUT2D eigenvalue weighted by molar-refractivity contribution is 0.332. The first-order chi connectivity index (χ1) is 8.22. The van der Waals surface area contributed by atoms with Crippen molar-refractivity contribution < 1.29 is 4.74 Å². The maximum atomic E-state index is 5.69. The number of hydrogen-bond acceptors (Lipinski definition) is 2. The zero-order valence-corrected chi connectivity index (χ0v) is 9.99. The van der Waals surface area contributed by atoms with Gasteiger partial charge in [0.25, 0.3) is 0 Å². The lowest BCUT2D eigenvalue weighted by atomic mass is 9.98. The number of rotatable bonds is 1. The van der Waals surface area contributed by atoms with Gasteiger partial charge in [-0.15, -0.1) is 0 Å². The van der Waals surface area contributed by atoms with Crippen molar-refractivity contribution in [3.63, 3.8) is 0 Å². The van der Waals surface area contributed by atoms with Crippen LogP contribution in [0.2, 0.25) is 0 Å². The number of fused-ring (bicyclic) bond motifs is 1. The van der Waals surface area contributed by atoms with E-state index in [-0.39, 0.29) is 0 Å². The monoisotopic (exact) mass is 225 g/mol. The Balaban J connectivity index is 1.92. The van der Waals surface area contributed by atoms with E-state index < -0.39 is 0 Å². The molecule has 2 aliphatic rings. The van der Waals surface area contributed by atoms with Gasteiger partial charge in [0.05, 0.1) is 5.71 Å². The smallest absolute Gasteiger partial charge is 0.123 e. The van der Waals surface area contributed by atoms with Gasteiger partial charge in [-0.05, 0) is 35.3 Å². The van der Waals surface area contributed by atoms with E-state index in [1.165, 1.54) is 16.7 Å². The zero-order valence-electron chi connectivity index (χ0n) is 9.99. The van der Waals surface area contributed by atoms with Crippen LogP contribution in [0.15, 0.2) is 47.1 Å². The minimum absolute atomic E-state index is 0.639. The van der Waals surface area contributed by atoms with Gasteiger partial charge in [0.1, 0.15) is 12.4 Å². The quantitative estimate of drug-likeness (QED) is 0.672. The highest BCUT2D eigenvalue weighted by atomic mass is 16.5. The summed E-state index contributed by atoms with van der Waals surface area (Å²) in [5.74, 6) is 0.988. The molecule has 0 aliphatic carbocycles. The minimum atomic E-state index is 0.639. The minimum Gasteiger partial charge on any atom is -0.489 e. The molecule has 2 heterocycles. The highest BCUT2D eigenvalue weighted by molar-refractivity contribution is 6.04. The van der Waals surface area contributed by atoms with Crippen molar-refractivity contribution in [1.82, 2.24) is 0 Å². The van der Waals surface area contributed by atoms with Gasteiger partial charge in [-0.3, -0.25) is 4.99 Å². The third kappa shape index (κ3) is 1.91. The Kier molecular flexibility index (Phi) is 2.36. The fourth-order valence-electron chi connectivity index (χ4n) is 2.23. The van der Waals surface area contributed by atoms with Gasteiger partial charge in [-0.25, -0.2) is 0 Å². The summed E-state index contributed by atoms with van der Waals surface area (Å²) < 4.78 is 5.69. The number of allylic oxidation sites excluding steroid dienone is 1. The normalized spacial score (nSPS) is 18.3. The summed E-state index contributed by atoms with van der Waals surface area (Å²) in [5.41, 5.74) is 5.99. The molecule has 0 N–H and O–H groups in total. The van der Waals surface area contributed by atoms with Crippen molar-refractivity contribution in [2.75, 3.05) is 6.61 Å². The molecule has 0 bridgehead atoms. The molecule has 0 unspecified atom stereocenters. The molecule has 0 radical (unpaired) electrons. The van der Waals surface area contributed by atoms with Gasteiger partial charge in [0, 0.05) is 19.0 Å². The van der Waals surface area contributed by atoms with Crippen LogP contribution < -0.4 is 4.74 Å². The van der Waals surface area contributed by atoms with Crippen LogP contribution in [-0.4, -0.2) is 12.3 Å². The van der Waals surface area contributed by atoms with Gasteiger partial charge in [0.15, 0.2) is 0 Å². The Morgan fingerprint density at radius 1 is 1.29 bits per heavy atom. The third-order valence-electron chi connectivity index (χ3n) is 3.16. The molecule has 0 saturated carbocycles. The van der Waals surface area contributed by atoms with E-state index in [4.69, 9.17) is 4.74 Å². The van der Waals surface area contributed by atoms with Crippen LogP contribution >= 0.6 is 0 Å². The average Bonchev–Trinajstić information content (AvgIpc) is 2.75. The molecule has 86 valence electrons. The maximum absolute atomic E-state index is 5.69. The molecule has 0 atom stereocenters. The van der Waals surface area contributed by atoms with Crippen molar-refractivity contribution in [3.8, 4) is 5.75 Å². The fourth-order valence-corrected chi connectivity index (χ4v) is 2.23. The summed E-state index contributed by atoms with van der Waals surface area (Å²) in [6, 6.07) is 6.37. The summed E-state index contributed by atoms with van der Waals surface area (Å²) in [7, 11) is 0. The second-order valence-electron chi connectivity index (χ2n) is 4.77.